The minimum Gasteiger partial charge on any atom is -0.398 e. The maximum atomic E-state index is 5.65. The van der Waals surface area contributed by atoms with Crippen LogP contribution in [0.1, 0.15) is 11.1 Å². The molecule has 1 aromatic carbocycles. The zero-order valence-corrected chi connectivity index (χ0v) is 9.54. The fraction of sp³-hybridized carbons (Fsp3) is 0.333. The highest BCUT2D eigenvalue weighted by Gasteiger charge is 1.94. The largest absolute Gasteiger partial charge is 0.398 e. The van der Waals surface area contributed by atoms with Gasteiger partial charge in [-0.05, 0) is 45.3 Å². The van der Waals surface area contributed by atoms with Crippen LogP contribution in [-0.4, -0.2) is 26.0 Å². The molecule has 1 rings (SSSR count). The third-order valence-corrected chi connectivity index (χ3v) is 1.64. The Kier molecular flexibility index (Phi) is 5.65. The Hall–Kier alpha value is -1.28. The minimum atomic E-state index is 0.831. The lowest BCUT2D eigenvalue weighted by Gasteiger charge is -2.01. The van der Waals surface area contributed by atoms with Gasteiger partial charge in [0, 0.05) is 5.69 Å². The predicted octanol–water partition coefficient (Wildman–Crippen LogP) is 2.40. The van der Waals surface area contributed by atoms with Crippen LogP contribution >= 0.6 is 0 Å². The summed E-state index contributed by atoms with van der Waals surface area (Å²) in [5.41, 5.74) is 8.70. The van der Waals surface area contributed by atoms with Crippen LogP contribution in [0.4, 0.5) is 5.69 Å². The lowest BCUT2D eigenvalue weighted by Crippen LogP contribution is -1.99. The smallest absolute Gasteiger partial charge is 0.0349 e. The maximum Gasteiger partial charge on any atom is 0.0349 e. The second-order valence-corrected chi connectivity index (χ2v) is 3.61. The molecule has 0 saturated heterocycles. The van der Waals surface area contributed by atoms with Gasteiger partial charge < -0.3 is 10.6 Å². The van der Waals surface area contributed by atoms with Crippen molar-refractivity contribution in [1.82, 2.24) is 4.90 Å². The summed E-state index contributed by atoms with van der Waals surface area (Å²) >= 11 is 0. The molecule has 0 saturated carbocycles. The van der Waals surface area contributed by atoms with E-state index >= 15 is 0 Å². The van der Waals surface area contributed by atoms with Gasteiger partial charge in [-0.2, -0.15) is 0 Å². The summed E-state index contributed by atoms with van der Waals surface area (Å²) in [5.74, 6) is 0. The van der Waals surface area contributed by atoms with E-state index < -0.39 is 0 Å². The summed E-state index contributed by atoms with van der Waals surface area (Å²) in [6.07, 6.45) is 1.81. The van der Waals surface area contributed by atoms with Crippen molar-refractivity contribution in [2.24, 2.45) is 0 Å². The average Bonchev–Trinajstić information content (AvgIpc) is 2.09. The number of nitrogens with zero attached hydrogens (tertiary/aromatic N) is 1. The Labute approximate surface area is 87.0 Å². The van der Waals surface area contributed by atoms with Crippen molar-refractivity contribution in [1.29, 1.82) is 0 Å². The Morgan fingerprint density at radius 1 is 1.29 bits per heavy atom. The van der Waals surface area contributed by atoms with E-state index in [4.69, 9.17) is 5.73 Å². The highest BCUT2D eigenvalue weighted by atomic mass is 15.0. The molecule has 0 amide bonds. The summed E-state index contributed by atoms with van der Waals surface area (Å²) in [4.78, 5) is 2.00. The summed E-state index contributed by atoms with van der Waals surface area (Å²) in [6, 6.07) is 5.82. The Morgan fingerprint density at radius 2 is 1.79 bits per heavy atom. The van der Waals surface area contributed by atoms with Crippen molar-refractivity contribution in [2.75, 3.05) is 26.9 Å². The first-order valence-corrected chi connectivity index (χ1v) is 4.57. The molecule has 0 aliphatic carbocycles. The van der Waals surface area contributed by atoms with Crippen molar-refractivity contribution in [2.45, 2.75) is 6.92 Å². The second-order valence-electron chi connectivity index (χ2n) is 3.61. The molecule has 0 fully saturated rings. The Bertz CT molecular complexity index is 288. The SMILES string of the molecule is C=Cc1cccc(N)c1C.CN(C)C. The maximum absolute atomic E-state index is 5.65. The van der Waals surface area contributed by atoms with E-state index in [-0.39, 0.29) is 0 Å². The van der Waals surface area contributed by atoms with E-state index in [1.165, 1.54) is 0 Å². The zero-order valence-electron chi connectivity index (χ0n) is 9.54. The van der Waals surface area contributed by atoms with Crippen LogP contribution < -0.4 is 5.73 Å². The van der Waals surface area contributed by atoms with Crippen molar-refractivity contribution < 1.29 is 0 Å². The fourth-order valence-electron chi connectivity index (χ4n) is 0.893. The van der Waals surface area contributed by atoms with Crippen LogP contribution in [0, 0.1) is 6.92 Å². The summed E-state index contributed by atoms with van der Waals surface area (Å²) in [6.45, 7) is 5.67. The first-order chi connectivity index (χ1) is 6.49. The molecule has 0 bridgehead atoms. The summed E-state index contributed by atoms with van der Waals surface area (Å²) < 4.78 is 0. The van der Waals surface area contributed by atoms with Gasteiger partial charge in [-0.1, -0.05) is 24.8 Å². The Balaban J connectivity index is 0.000000364. The van der Waals surface area contributed by atoms with E-state index in [0.29, 0.717) is 0 Å². The predicted molar refractivity (Wildman–Crippen MR) is 65.3 cm³/mol. The number of anilines is 1. The summed E-state index contributed by atoms with van der Waals surface area (Å²) in [5, 5.41) is 0. The normalized spacial score (nSPS) is 9.21. The van der Waals surface area contributed by atoms with Gasteiger partial charge in [0.1, 0.15) is 0 Å². The molecule has 0 spiro atoms. The molecule has 0 atom stereocenters. The van der Waals surface area contributed by atoms with Crippen LogP contribution in [0.3, 0.4) is 0 Å². The van der Waals surface area contributed by atoms with E-state index in [1.54, 1.807) is 0 Å². The van der Waals surface area contributed by atoms with Gasteiger partial charge in [-0.15, -0.1) is 0 Å². The molecule has 2 N–H and O–H groups in total. The van der Waals surface area contributed by atoms with E-state index in [0.717, 1.165) is 16.8 Å². The summed E-state index contributed by atoms with van der Waals surface area (Å²) in [7, 11) is 6.00. The molecule has 0 radical (unpaired) electrons. The van der Waals surface area contributed by atoms with Gasteiger partial charge in [0.25, 0.3) is 0 Å². The molecule has 2 heteroatoms. The molecule has 0 unspecified atom stereocenters. The molecular formula is C12H20N2. The van der Waals surface area contributed by atoms with Crippen LogP contribution in [0.25, 0.3) is 6.08 Å². The van der Waals surface area contributed by atoms with Gasteiger partial charge in [0.15, 0.2) is 0 Å². The number of nitrogen functional groups attached to an aromatic ring is 1. The lowest BCUT2D eigenvalue weighted by atomic mass is 10.1. The van der Waals surface area contributed by atoms with Crippen molar-refractivity contribution in [3.05, 3.63) is 35.9 Å². The van der Waals surface area contributed by atoms with Gasteiger partial charge in [0.2, 0.25) is 0 Å². The van der Waals surface area contributed by atoms with Gasteiger partial charge >= 0.3 is 0 Å². The standard InChI is InChI=1S/C9H11N.C3H9N/c1-3-8-5-4-6-9(10)7(8)2;1-4(2)3/h3-6H,1,10H2,2H3;1-3H3. The molecule has 2 nitrogen and oxygen atoms in total. The highest BCUT2D eigenvalue weighted by Crippen LogP contribution is 2.15. The molecule has 14 heavy (non-hydrogen) atoms. The van der Waals surface area contributed by atoms with E-state index in [1.807, 2.05) is 57.2 Å². The highest BCUT2D eigenvalue weighted by molar-refractivity contribution is 5.60. The quantitative estimate of drug-likeness (QED) is 0.692. The molecule has 0 aromatic heterocycles. The number of hydrogen-bond acceptors (Lipinski definition) is 2. The molecule has 0 aliphatic heterocycles. The average molecular weight is 192 g/mol. The Morgan fingerprint density at radius 3 is 2.14 bits per heavy atom. The first-order valence-electron chi connectivity index (χ1n) is 4.57. The first kappa shape index (κ1) is 12.7. The second kappa shape index (κ2) is 6.22. The van der Waals surface area contributed by atoms with Crippen LogP contribution in [0.5, 0.6) is 0 Å². The van der Waals surface area contributed by atoms with Gasteiger partial charge in [-0.25, -0.2) is 0 Å². The van der Waals surface area contributed by atoms with E-state index in [9.17, 15) is 0 Å². The third kappa shape index (κ3) is 4.67. The molecule has 0 heterocycles. The van der Waals surface area contributed by atoms with Gasteiger partial charge in [0.05, 0.1) is 0 Å². The zero-order chi connectivity index (χ0) is 11.1. The van der Waals surface area contributed by atoms with Crippen molar-refractivity contribution in [3.8, 4) is 0 Å². The third-order valence-electron chi connectivity index (χ3n) is 1.64. The number of nitrogens with two attached hydrogens (primary N) is 1. The molecule has 1 aromatic rings. The lowest BCUT2D eigenvalue weighted by molar-refractivity contribution is 0.505. The number of benzene rings is 1. The molecular weight excluding hydrogens is 172 g/mol. The number of rotatable bonds is 1. The van der Waals surface area contributed by atoms with Gasteiger partial charge in [-0.3, -0.25) is 0 Å². The number of hydrogen-bond donors (Lipinski definition) is 1. The fourth-order valence-corrected chi connectivity index (χ4v) is 0.893. The minimum absolute atomic E-state index is 0.831. The topological polar surface area (TPSA) is 29.3 Å². The molecule has 0 aliphatic rings. The van der Waals surface area contributed by atoms with Crippen LogP contribution in [0.2, 0.25) is 0 Å². The van der Waals surface area contributed by atoms with Crippen molar-refractivity contribution in [3.63, 3.8) is 0 Å². The monoisotopic (exact) mass is 192 g/mol. The van der Waals surface area contributed by atoms with E-state index in [2.05, 4.69) is 6.58 Å². The van der Waals surface area contributed by atoms with Crippen molar-refractivity contribution >= 4 is 11.8 Å². The van der Waals surface area contributed by atoms with Crippen LogP contribution in [0.15, 0.2) is 24.8 Å². The molecule has 78 valence electrons. The van der Waals surface area contributed by atoms with Crippen LogP contribution in [-0.2, 0) is 0 Å².